The Bertz CT molecular complexity index is 628. The predicted octanol–water partition coefficient (Wildman–Crippen LogP) is 3.29. The number of guanidine groups is 2. The smallest absolute Gasteiger partial charge is 0.221 e. The fraction of sp³-hybridized carbons (Fsp3) is 0.680. The Labute approximate surface area is 195 Å². The topological polar surface area (TPSA) is 130 Å². The summed E-state index contributed by atoms with van der Waals surface area (Å²) in [5.74, 6) is 1.11. The van der Waals surface area contributed by atoms with Crippen molar-refractivity contribution in [3.8, 4) is 0 Å². The van der Waals surface area contributed by atoms with Crippen LogP contribution in [0.3, 0.4) is 0 Å². The van der Waals surface area contributed by atoms with Crippen molar-refractivity contribution in [2.45, 2.75) is 65.2 Å². The summed E-state index contributed by atoms with van der Waals surface area (Å²) in [6.07, 6.45) is 9.54. The first-order valence-electron chi connectivity index (χ1n) is 12.3. The van der Waals surface area contributed by atoms with Crippen molar-refractivity contribution in [2.75, 3.05) is 32.7 Å². The number of unbranched alkanes of at least 4 members (excludes halogenated alkanes) is 5. The molecule has 0 heterocycles. The van der Waals surface area contributed by atoms with Crippen LogP contribution in [-0.4, -0.2) is 49.5 Å². The molecule has 0 amide bonds. The normalized spacial score (nSPS) is 12.8. The van der Waals surface area contributed by atoms with Crippen LogP contribution in [-0.2, 0) is 6.42 Å². The van der Waals surface area contributed by atoms with Gasteiger partial charge in [0.25, 0.3) is 0 Å². The van der Waals surface area contributed by atoms with E-state index in [-0.39, 0.29) is 11.9 Å². The summed E-state index contributed by atoms with van der Waals surface area (Å²) in [5, 5.41) is 11.9. The van der Waals surface area contributed by atoms with E-state index in [2.05, 4.69) is 36.3 Å². The molecule has 7 heteroatoms. The summed E-state index contributed by atoms with van der Waals surface area (Å²) in [5.41, 5.74) is 17.8. The predicted molar refractivity (Wildman–Crippen MR) is 138 cm³/mol. The molecule has 0 aromatic heterocycles. The summed E-state index contributed by atoms with van der Waals surface area (Å²) >= 11 is 0. The zero-order chi connectivity index (χ0) is 23.6. The quantitative estimate of drug-likeness (QED) is 0.143. The molecule has 182 valence electrons. The minimum absolute atomic E-state index is 0.0655. The zero-order valence-corrected chi connectivity index (χ0v) is 20.4. The molecule has 0 aliphatic rings. The molecule has 0 saturated heterocycles. The highest BCUT2D eigenvalue weighted by Crippen LogP contribution is 2.14. The lowest BCUT2D eigenvalue weighted by Crippen LogP contribution is -2.38. The average molecular weight is 446 g/mol. The monoisotopic (exact) mass is 445 g/mol. The van der Waals surface area contributed by atoms with Gasteiger partial charge in [-0.25, -0.2) is 0 Å². The highest BCUT2D eigenvalue weighted by molar-refractivity contribution is 5.91. The van der Waals surface area contributed by atoms with Gasteiger partial charge in [-0.1, -0.05) is 69.9 Å². The Morgan fingerprint density at radius 1 is 1.00 bits per heavy atom. The van der Waals surface area contributed by atoms with E-state index < -0.39 is 0 Å². The maximum absolute atomic E-state index is 8.31. The minimum atomic E-state index is -0.0655. The molecule has 0 aliphatic carbocycles. The number of rotatable bonds is 17. The van der Waals surface area contributed by atoms with E-state index in [1.54, 1.807) is 0 Å². The lowest BCUT2D eigenvalue weighted by molar-refractivity contribution is 0.304. The molecule has 2 atom stereocenters. The van der Waals surface area contributed by atoms with Gasteiger partial charge in [0.1, 0.15) is 0 Å². The van der Waals surface area contributed by atoms with E-state index in [0.717, 1.165) is 52.0 Å². The van der Waals surface area contributed by atoms with Crippen LogP contribution in [0.5, 0.6) is 0 Å². The molecule has 1 aromatic rings. The number of nitrogens with one attached hydrogen (secondary N) is 2. The lowest BCUT2D eigenvalue weighted by atomic mass is 9.96. The van der Waals surface area contributed by atoms with Crippen molar-refractivity contribution in [1.29, 1.82) is 5.41 Å². The molecular weight excluding hydrogens is 398 g/mol. The first-order valence-corrected chi connectivity index (χ1v) is 12.3. The van der Waals surface area contributed by atoms with E-state index in [4.69, 9.17) is 22.6 Å². The van der Waals surface area contributed by atoms with Gasteiger partial charge in [-0.2, -0.15) is 4.99 Å². The van der Waals surface area contributed by atoms with Crippen LogP contribution in [0.25, 0.3) is 0 Å². The third kappa shape index (κ3) is 14.0. The Morgan fingerprint density at radius 3 is 2.31 bits per heavy atom. The summed E-state index contributed by atoms with van der Waals surface area (Å²) in [6, 6.07) is 10.3. The van der Waals surface area contributed by atoms with E-state index in [9.17, 15) is 0 Å². The molecule has 0 saturated carbocycles. The molecular formula is C25H47N7. The summed E-state index contributed by atoms with van der Waals surface area (Å²) < 4.78 is 0. The van der Waals surface area contributed by atoms with E-state index in [1.165, 1.54) is 37.7 Å². The number of hydrogen-bond acceptors (Lipinski definition) is 3. The van der Waals surface area contributed by atoms with E-state index in [1.807, 2.05) is 23.1 Å². The summed E-state index contributed by atoms with van der Waals surface area (Å²) in [6.45, 7) is 8.98. The molecule has 0 radical (unpaired) electrons. The SMILES string of the molecule is CC(CNCCCCCCCCN)CC(C)CN(CCc1ccccc1)C(=N)N=C(N)N. The first kappa shape index (κ1) is 27.9. The van der Waals surface area contributed by atoms with Gasteiger partial charge in [-0.3, -0.25) is 5.41 Å². The second-order valence-electron chi connectivity index (χ2n) is 9.10. The van der Waals surface area contributed by atoms with Crippen LogP contribution in [0.4, 0.5) is 0 Å². The molecule has 1 rings (SSSR count). The average Bonchev–Trinajstić information content (AvgIpc) is 2.75. The number of nitrogens with zero attached hydrogens (tertiary/aromatic N) is 2. The summed E-state index contributed by atoms with van der Waals surface area (Å²) in [4.78, 5) is 5.97. The van der Waals surface area contributed by atoms with Gasteiger partial charge in [-0.15, -0.1) is 0 Å². The molecule has 0 spiro atoms. The number of benzene rings is 1. The maximum Gasteiger partial charge on any atom is 0.221 e. The second-order valence-corrected chi connectivity index (χ2v) is 9.10. The van der Waals surface area contributed by atoms with Crippen LogP contribution in [0.1, 0.15) is 64.4 Å². The van der Waals surface area contributed by atoms with Crippen molar-refractivity contribution >= 4 is 11.9 Å². The highest BCUT2D eigenvalue weighted by atomic mass is 15.3. The maximum atomic E-state index is 8.31. The highest BCUT2D eigenvalue weighted by Gasteiger charge is 2.16. The molecule has 0 bridgehead atoms. The Morgan fingerprint density at radius 2 is 1.66 bits per heavy atom. The van der Waals surface area contributed by atoms with Crippen LogP contribution < -0.4 is 22.5 Å². The molecule has 32 heavy (non-hydrogen) atoms. The first-order chi connectivity index (χ1) is 15.4. The van der Waals surface area contributed by atoms with Gasteiger partial charge in [-0.05, 0) is 62.7 Å². The third-order valence-corrected chi connectivity index (χ3v) is 5.69. The van der Waals surface area contributed by atoms with Crippen LogP contribution in [0.15, 0.2) is 35.3 Å². The van der Waals surface area contributed by atoms with Crippen molar-refractivity contribution < 1.29 is 0 Å². The standard InChI is InChI=1S/C25H47N7/c1-21(19-30-16-11-6-4-3-5-10-15-26)18-22(2)20-32(25(29)31-24(27)28)17-14-23-12-8-7-9-13-23/h7-9,12-13,21-22,30H,3-6,10-11,14-20,26H2,1-2H3,(H5,27,28,29,31). The zero-order valence-electron chi connectivity index (χ0n) is 20.4. The molecule has 2 unspecified atom stereocenters. The fourth-order valence-corrected chi connectivity index (χ4v) is 4.06. The van der Waals surface area contributed by atoms with Gasteiger partial charge in [0.15, 0.2) is 5.96 Å². The van der Waals surface area contributed by atoms with E-state index in [0.29, 0.717) is 11.8 Å². The lowest BCUT2D eigenvalue weighted by Gasteiger charge is -2.27. The molecule has 1 aromatic carbocycles. The third-order valence-electron chi connectivity index (χ3n) is 5.69. The van der Waals surface area contributed by atoms with Crippen LogP contribution >= 0.6 is 0 Å². The van der Waals surface area contributed by atoms with Gasteiger partial charge < -0.3 is 27.4 Å². The molecule has 8 N–H and O–H groups in total. The summed E-state index contributed by atoms with van der Waals surface area (Å²) in [7, 11) is 0. The molecule has 0 fully saturated rings. The van der Waals surface area contributed by atoms with Crippen LogP contribution in [0.2, 0.25) is 0 Å². The van der Waals surface area contributed by atoms with Gasteiger partial charge in [0, 0.05) is 13.1 Å². The van der Waals surface area contributed by atoms with Crippen molar-refractivity contribution in [1.82, 2.24) is 10.2 Å². The molecule has 7 nitrogen and oxygen atoms in total. The number of hydrogen-bond donors (Lipinski definition) is 5. The number of nitrogens with two attached hydrogens (primary N) is 3. The van der Waals surface area contributed by atoms with Crippen LogP contribution in [0, 0.1) is 17.2 Å². The van der Waals surface area contributed by atoms with Gasteiger partial charge in [0.05, 0.1) is 0 Å². The minimum Gasteiger partial charge on any atom is -0.370 e. The molecule has 0 aliphatic heterocycles. The van der Waals surface area contributed by atoms with Crippen molar-refractivity contribution in [3.63, 3.8) is 0 Å². The Balaban J connectivity index is 2.34. The van der Waals surface area contributed by atoms with Crippen molar-refractivity contribution in [2.24, 2.45) is 34.0 Å². The number of aliphatic imine (C=N–C) groups is 1. The van der Waals surface area contributed by atoms with Gasteiger partial charge >= 0.3 is 0 Å². The second kappa shape index (κ2) is 17.4. The van der Waals surface area contributed by atoms with Crippen molar-refractivity contribution in [3.05, 3.63) is 35.9 Å². The van der Waals surface area contributed by atoms with Gasteiger partial charge in [0.2, 0.25) is 5.96 Å². The fourth-order valence-electron chi connectivity index (χ4n) is 4.06. The Kier molecular flexibility index (Phi) is 15.2. The largest absolute Gasteiger partial charge is 0.370 e. The Hall–Kier alpha value is -2.12. The van der Waals surface area contributed by atoms with E-state index >= 15 is 0 Å².